The van der Waals surface area contributed by atoms with Crippen LogP contribution in [-0.4, -0.2) is 4.98 Å². The van der Waals surface area contributed by atoms with E-state index < -0.39 is 0 Å². The van der Waals surface area contributed by atoms with Gasteiger partial charge in [-0.15, -0.1) is 0 Å². The number of benzene rings is 1. The Kier molecular flexibility index (Phi) is 1.47. The molecule has 0 aliphatic carbocycles. The van der Waals surface area contributed by atoms with Crippen LogP contribution in [-0.2, 0) is 0 Å². The van der Waals surface area contributed by atoms with Crippen LogP contribution in [0.5, 0.6) is 0 Å². The minimum Gasteiger partial charge on any atom is -0.399 e. The third-order valence-corrected chi connectivity index (χ3v) is 1.88. The van der Waals surface area contributed by atoms with E-state index in [9.17, 15) is 0 Å². The first-order chi connectivity index (χ1) is 5.75. The molecule has 2 heteroatoms. The molecule has 2 N–H and O–H groups in total. The molecule has 0 atom stereocenters. The molecule has 0 unspecified atom stereocenters. The second-order valence-electron chi connectivity index (χ2n) is 2.93. The summed E-state index contributed by atoms with van der Waals surface area (Å²) in [5.74, 6) is 0. The zero-order chi connectivity index (χ0) is 8.55. The molecule has 0 saturated heterocycles. The molecule has 0 bridgehead atoms. The first kappa shape index (κ1) is 7.10. The lowest BCUT2D eigenvalue weighted by molar-refractivity contribution is 1.22. The summed E-state index contributed by atoms with van der Waals surface area (Å²) < 4.78 is 0. The van der Waals surface area contributed by atoms with E-state index in [2.05, 4.69) is 11.1 Å². The summed E-state index contributed by atoms with van der Waals surface area (Å²) in [6, 6.07) is 7.90. The van der Waals surface area contributed by atoms with Crippen LogP contribution in [0.3, 0.4) is 0 Å². The normalized spacial score (nSPS) is 10.4. The SMILES string of the molecule is Cc1cc2ccc(N)cc2cn1. The highest BCUT2D eigenvalue weighted by Crippen LogP contribution is 2.16. The number of aromatic nitrogens is 1. The summed E-state index contributed by atoms with van der Waals surface area (Å²) in [6.07, 6.45) is 1.85. The van der Waals surface area contributed by atoms with Crippen LogP contribution < -0.4 is 5.73 Å². The lowest BCUT2D eigenvalue weighted by Gasteiger charge is -1.99. The van der Waals surface area contributed by atoms with Crippen molar-refractivity contribution in [3.8, 4) is 0 Å². The summed E-state index contributed by atoms with van der Waals surface area (Å²) in [4.78, 5) is 4.19. The topological polar surface area (TPSA) is 38.9 Å². The van der Waals surface area contributed by atoms with Gasteiger partial charge in [-0.2, -0.15) is 0 Å². The molecule has 0 spiro atoms. The Morgan fingerprint density at radius 3 is 2.83 bits per heavy atom. The average molecular weight is 158 g/mol. The van der Waals surface area contributed by atoms with E-state index in [1.807, 2.05) is 31.3 Å². The zero-order valence-electron chi connectivity index (χ0n) is 6.91. The quantitative estimate of drug-likeness (QED) is 0.596. The number of nitrogens with zero attached hydrogens (tertiary/aromatic N) is 1. The molecule has 0 amide bonds. The molecule has 1 aromatic carbocycles. The molecule has 0 aliphatic heterocycles. The minimum absolute atomic E-state index is 0.785. The van der Waals surface area contributed by atoms with Crippen LogP contribution in [0, 0.1) is 6.92 Å². The smallest absolute Gasteiger partial charge is 0.0379 e. The van der Waals surface area contributed by atoms with Crippen molar-refractivity contribution in [2.45, 2.75) is 6.92 Å². The first-order valence-electron chi connectivity index (χ1n) is 3.87. The fraction of sp³-hybridized carbons (Fsp3) is 0.100. The molecule has 1 aromatic heterocycles. The summed E-state index contributed by atoms with van der Waals surface area (Å²) >= 11 is 0. The maximum atomic E-state index is 5.63. The molecule has 12 heavy (non-hydrogen) atoms. The Morgan fingerprint density at radius 1 is 1.17 bits per heavy atom. The summed E-state index contributed by atoms with van der Waals surface area (Å²) in [5.41, 5.74) is 7.45. The summed E-state index contributed by atoms with van der Waals surface area (Å²) in [6.45, 7) is 1.98. The number of hydrogen-bond acceptors (Lipinski definition) is 2. The molecule has 0 fully saturated rings. The average Bonchev–Trinajstić information content (AvgIpc) is 2.05. The first-order valence-corrected chi connectivity index (χ1v) is 3.87. The van der Waals surface area contributed by atoms with Gasteiger partial charge in [-0.05, 0) is 30.5 Å². The molecule has 0 saturated carbocycles. The monoisotopic (exact) mass is 158 g/mol. The number of pyridine rings is 1. The Balaban J connectivity index is 2.79. The Labute approximate surface area is 71.0 Å². The number of nitrogens with two attached hydrogens (primary N) is 1. The molecule has 2 rings (SSSR count). The van der Waals surface area contributed by atoms with Gasteiger partial charge < -0.3 is 5.73 Å². The lowest BCUT2D eigenvalue weighted by Crippen LogP contribution is -1.85. The summed E-state index contributed by atoms with van der Waals surface area (Å²) in [5, 5.41) is 2.29. The fourth-order valence-corrected chi connectivity index (χ4v) is 1.27. The molecule has 0 aliphatic rings. The predicted molar refractivity (Wildman–Crippen MR) is 50.9 cm³/mol. The van der Waals surface area contributed by atoms with Crippen molar-refractivity contribution in [2.75, 3.05) is 5.73 Å². The van der Waals surface area contributed by atoms with Gasteiger partial charge in [0, 0.05) is 23.0 Å². The number of aryl methyl sites for hydroxylation is 1. The molecule has 60 valence electrons. The van der Waals surface area contributed by atoms with Crippen LogP contribution in [0.15, 0.2) is 30.5 Å². The van der Waals surface area contributed by atoms with Crippen molar-refractivity contribution < 1.29 is 0 Å². The molecular weight excluding hydrogens is 148 g/mol. The van der Waals surface area contributed by atoms with Crippen molar-refractivity contribution in [1.29, 1.82) is 0 Å². The van der Waals surface area contributed by atoms with Gasteiger partial charge in [-0.25, -0.2) is 0 Å². The van der Waals surface area contributed by atoms with Crippen LogP contribution in [0.4, 0.5) is 5.69 Å². The highest BCUT2D eigenvalue weighted by Gasteiger charge is 1.94. The van der Waals surface area contributed by atoms with Crippen molar-refractivity contribution in [3.63, 3.8) is 0 Å². The van der Waals surface area contributed by atoms with Gasteiger partial charge in [0.15, 0.2) is 0 Å². The van der Waals surface area contributed by atoms with E-state index in [0.717, 1.165) is 16.8 Å². The second kappa shape index (κ2) is 2.48. The summed E-state index contributed by atoms with van der Waals surface area (Å²) in [7, 11) is 0. The van der Waals surface area contributed by atoms with E-state index in [1.54, 1.807) is 0 Å². The maximum Gasteiger partial charge on any atom is 0.0379 e. The molecule has 2 nitrogen and oxygen atoms in total. The van der Waals surface area contributed by atoms with Crippen LogP contribution in [0.25, 0.3) is 10.8 Å². The number of hydrogen-bond donors (Lipinski definition) is 1. The van der Waals surface area contributed by atoms with E-state index in [1.165, 1.54) is 5.39 Å². The fourth-order valence-electron chi connectivity index (χ4n) is 1.27. The zero-order valence-corrected chi connectivity index (χ0v) is 6.91. The molecule has 2 aromatic rings. The highest BCUT2D eigenvalue weighted by molar-refractivity contribution is 5.84. The Bertz CT molecular complexity index is 380. The maximum absolute atomic E-state index is 5.63. The van der Waals surface area contributed by atoms with Gasteiger partial charge in [-0.3, -0.25) is 4.98 Å². The van der Waals surface area contributed by atoms with Crippen LogP contribution >= 0.6 is 0 Å². The molecule has 0 radical (unpaired) electrons. The van der Waals surface area contributed by atoms with Gasteiger partial charge >= 0.3 is 0 Å². The van der Waals surface area contributed by atoms with E-state index >= 15 is 0 Å². The number of rotatable bonds is 0. The van der Waals surface area contributed by atoms with Crippen molar-refractivity contribution in [2.24, 2.45) is 0 Å². The van der Waals surface area contributed by atoms with Crippen molar-refractivity contribution in [3.05, 3.63) is 36.2 Å². The third kappa shape index (κ3) is 1.11. The second-order valence-corrected chi connectivity index (χ2v) is 2.93. The number of fused-ring (bicyclic) bond motifs is 1. The van der Waals surface area contributed by atoms with Gasteiger partial charge in [-0.1, -0.05) is 6.07 Å². The van der Waals surface area contributed by atoms with E-state index in [0.29, 0.717) is 0 Å². The van der Waals surface area contributed by atoms with Gasteiger partial charge in [0.05, 0.1) is 0 Å². The third-order valence-electron chi connectivity index (χ3n) is 1.88. The molecular formula is C10H10N2. The standard InChI is InChI=1S/C10H10N2/c1-7-4-8-2-3-10(11)5-9(8)6-12-7/h2-6H,11H2,1H3. The van der Waals surface area contributed by atoms with Gasteiger partial charge in [0.2, 0.25) is 0 Å². The van der Waals surface area contributed by atoms with Crippen molar-refractivity contribution >= 4 is 16.5 Å². The van der Waals surface area contributed by atoms with Crippen LogP contribution in [0.1, 0.15) is 5.69 Å². The highest BCUT2D eigenvalue weighted by atomic mass is 14.7. The largest absolute Gasteiger partial charge is 0.399 e. The number of anilines is 1. The molecule has 1 heterocycles. The lowest BCUT2D eigenvalue weighted by atomic mass is 10.1. The minimum atomic E-state index is 0.785. The van der Waals surface area contributed by atoms with Crippen LogP contribution in [0.2, 0.25) is 0 Å². The Morgan fingerprint density at radius 2 is 2.00 bits per heavy atom. The van der Waals surface area contributed by atoms with Gasteiger partial charge in [0.1, 0.15) is 0 Å². The Hall–Kier alpha value is -1.57. The predicted octanol–water partition coefficient (Wildman–Crippen LogP) is 2.13. The van der Waals surface area contributed by atoms with E-state index in [4.69, 9.17) is 5.73 Å². The van der Waals surface area contributed by atoms with Gasteiger partial charge in [0.25, 0.3) is 0 Å². The van der Waals surface area contributed by atoms with Crippen molar-refractivity contribution in [1.82, 2.24) is 4.98 Å². The number of nitrogen functional groups attached to an aromatic ring is 1. The van der Waals surface area contributed by atoms with E-state index in [-0.39, 0.29) is 0 Å².